The minimum atomic E-state index is -0.406. The first-order chi connectivity index (χ1) is 13.5. The van der Waals surface area contributed by atoms with Crippen LogP contribution in [0.15, 0.2) is 30.4 Å². The van der Waals surface area contributed by atoms with Gasteiger partial charge in [-0.05, 0) is 38.5 Å². The van der Waals surface area contributed by atoms with Crippen molar-refractivity contribution in [3.8, 4) is 0 Å². The third-order valence-corrected chi connectivity index (χ3v) is 5.76. The van der Waals surface area contributed by atoms with Crippen molar-refractivity contribution in [3.05, 3.63) is 47.3 Å². The van der Waals surface area contributed by atoms with Crippen LogP contribution in [0.3, 0.4) is 0 Å². The zero-order valence-corrected chi connectivity index (χ0v) is 16.8. The monoisotopic (exact) mass is 397 g/mol. The van der Waals surface area contributed by atoms with Crippen molar-refractivity contribution in [2.75, 3.05) is 30.3 Å². The van der Waals surface area contributed by atoms with Crippen LogP contribution in [0.4, 0.5) is 10.8 Å². The lowest BCUT2D eigenvalue weighted by Crippen LogP contribution is -2.26. The summed E-state index contributed by atoms with van der Waals surface area (Å²) >= 11 is 1.66. The molecule has 4 rings (SSSR count). The Labute approximate surface area is 167 Å². The molecule has 0 fully saturated rings. The standard InChI is InChI=1S/C20H23N5O2S/c1-3-27-19(26)16-9-13(2)25(23-16)12-14-10-15(21)11-17-18(14)22-20(28-17)24-7-5-4-6-8-24/h4-5,9-11H,3,6-8,12,21H2,1-2H3. The van der Waals surface area contributed by atoms with E-state index < -0.39 is 5.97 Å². The number of nitrogen functional groups attached to an aromatic ring is 1. The first kappa shape index (κ1) is 18.5. The van der Waals surface area contributed by atoms with E-state index in [1.807, 2.05) is 19.1 Å². The smallest absolute Gasteiger partial charge is 0.358 e. The summed E-state index contributed by atoms with van der Waals surface area (Å²) < 4.78 is 7.91. The number of esters is 1. The van der Waals surface area contributed by atoms with E-state index in [9.17, 15) is 4.79 Å². The van der Waals surface area contributed by atoms with Gasteiger partial charge in [-0.15, -0.1) is 0 Å². The Morgan fingerprint density at radius 1 is 1.32 bits per heavy atom. The summed E-state index contributed by atoms with van der Waals surface area (Å²) in [7, 11) is 0. The molecule has 3 aromatic rings. The average molecular weight is 398 g/mol. The van der Waals surface area contributed by atoms with Crippen LogP contribution in [0.2, 0.25) is 0 Å². The van der Waals surface area contributed by atoms with E-state index in [1.165, 1.54) is 0 Å². The summed E-state index contributed by atoms with van der Waals surface area (Å²) in [6.45, 7) is 6.38. The van der Waals surface area contributed by atoms with E-state index in [4.69, 9.17) is 15.5 Å². The Balaban J connectivity index is 1.68. The highest BCUT2D eigenvalue weighted by Crippen LogP contribution is 2.33. The summed E-state index contributed by atoms with van der Waals surface area (Å²) in [6.07, 6.45) is 5.41. The second-order valence-electron chi connectivity index (χ2n) is 6.78. The summed E-state index contributed by atoms with van der Waals surface area (Å²) in [5.74, 6) is -0.406. The first-order valence-electron chi connectivity index (χ1n) is 9.35. The van der Waals surface area contributed by atoms with Gasteiger partial charge < -0.3 is 15.4 Å². The molecule has 2 aromatic heterocycles. The largest absolute Gasteiger partial charge is 0.461 e. The van der Waals surface area contributed by atoms with Crippen molar-refractivity contribution in [2.45, 2.75) is 26.8 Å². The van der Waals surface area contributed by atoms with Gasteiger partial charge in [0.15, 0.2) is 10.8 Å². The van der Waals surface area contributed by atoms with Gasteiger partial charge >= 0.3 is 5.97 Å². The van der Waals surface area contributed by atoms with Gasteiger partial charge in [0.2, 0.25) is 0 Å². The summed E-state index contributed by atoms with van der Waals surface area (Å²) in [4.78, 5) is 19.1. The Morgan fingerprint density at radius 2 is 2.18 bits per heavy atom. The number of rotatable bonds is 5. The average Bonchev–Trinajstić information content (AvgIpc) is 3.27. The molecule has 0 radical (unpaired) electrons. The number of aryl methyl sites for hydroxylation is 1. The Bertz CT molecular complexity index is 1050. The molecule has 146 valence electrons. The fraction of sp³-hybridized carbons (Fsp3) is 0.350. The second-order valence-corrected chi connectivity index (χ2v) is 7.79. The van der Waals surface area contributed by atoms with Crippen molar-refractivity contribution in [1.29, 1.82) is 0 Å². The van der Waals surface area contributed by atoms with Gasteiger partial charge in [0, 0.05) is 30.0 Å². The Kier molecular flexibility index (Phi) is 5.04. The molecule has 3 heterocycles. The molecule has 0 aliphatic carbocycles. The molecule has 7 nitrogen and oxygen atoms in total. The maximum absolute atomic E-state index is 12.0. The lowest BCUT2D eigenvalue weighted by Gasteiger charge is -2.22. The fourth-order valence-electron chi connectivity index (χ4n) is 3.32. The number of hydrogen-bond acceptors (Lipinski definition) is 7. The second kappa shape index (κ2) is 7.63. The van der Waals surface area contributed by atoms with Gasteiger partial charge in [-0.3, -0.25) is 4.68 Å². The minimum absolute atomic E-state index is 0.318. The molecule has 28 heavy (non-hydrogen) atoms. The van der Waals surface area contributed by atoms with Crippen LogP contribution in [-0.4, -0.2) is 40.4 Å². The quantitative estimate of drug-likeness (QED) is 0.404. The van der Waals surface area contributed by atoms with Crippen molar-refractivity contribution in [2.24, 2.45) is 0 Å². The maximum atomic E-state index is 12.0. The number of carbonyl (C=O) groups excluding carboxylic acids is 1. The van der Waals surface area contributed by atoms with E-state index in [-0.39, 0.29) is 0 Å². The SMILES string of the molecule is CCOC(=O)c1cc(C)n(Cc2cc(N)cc3sc(N4CC=CCC4)nc23)n1. The number of ether oxygens (including phenoxy) is 1. The highest BCUT2D eigenvalue weighted by atomic mass is 32.1. The minimum Gasteiger partial charge on any atom is -0.461 e. The Hall–Kier alpha value is -2.87. The summed E-state index contributed by atoms with van der Waals surface area (Å²) in [6, 6.07) is 5.65. The molecule has 1 aliphatic heterocycles. The molecule has 0 saturated heterocycles. The van der Waals surface area contributed by atoms with Gasteiger partial charge in [0.25, 0.3) is 0 Å². The molecular weight excluding hydrogens is 374 g/mol. The van der Waals surface area contributed by atoms with E-state index in [2.05, 4.69) is 22.2 Å². The maximum Gasteiger partial charge on any atom is 0.358 e. The molecule has 0 amide bonds. The van der Waals surface area contributed by atoms with E-state index >= 15 is 0 Å². The highest BCUT2D eigenvalue weighted by molar-refractivity contribution is 7.22. The first-order valence-corrected chi connectivity index (χ1v) is 10.2. The van der Waals surface area contributed by atoms with Crippen LogP contribution in [0.5, 0.6) is 0 Å². The van der Waals surface area contributed by atoms with Gasteiger partial charge in [0.1, 0.15) is 0 Å². The number of nitrogens with two attached hydrogens (primary N) is 1. The van der Waals surface area contributed by atoms with Gasteiger partial charge in [-0.25, -0.2) is 9.78 Å². The van der Waals surface area contributed by atoms with Gasteiger partial charge in [-0.1, -0.05) is 23.5 Å². The van der Waals surface area contributed by atoms with E-state index in [1.54, 1.807) is 29.0 Å². The predicted octanol–water partition coefficient (Wildman–Crippen LogP) is 3.37. The van der Waals surface area contributed by atoms with Gasteiger partial charge in [-0.2, -0.15) is 5.10 Å². The van der Waals surface area contributed by atoms with Crippen molar-refractivity contribution >= 4 is 38.3 Å². The number of fused-ring (bicyclic) bond motifs is 1. The molecule has 0 atom stereocenters. The van der Waals surface area contributed by atoms with Crippen LogP contribution in [-0.2, 0) is 11.3 Å². The number of carbonyl (C=O) groups is 1. The van der Waals surface area contributed by atoms with Gasteiger partial charge in [0.05, 0.1) is 23.4 Å². The molecule has 0 unspecified atom stereocenters. The van der Waals surface area contributed by atoms with Crippen LogP contribution >= 0.6 is 11.3 Å². The zero-order valence-electron chi connectivity index (χ0n) is 16.0. The lowest BCUT2D eigenvalue weighted by molar-refractivity contribution is 0.0518. The number of nitrogens with zero attached hydrogens (tertiary/aromatic N) is 4. The van der Waals surface area contributed by atoms with E-state index in [0.29, 0.717) is 24.5 Å². The third-order valence-electron chi connectivity index (χ3n) is 4.70. The normalized spacial score (nSPS) is 14.0. The predicted molar refractivity (Wildman–Crippen MR) is 112 cm³/mol. The number of aromatic nitrogens is 3. The van der Waals surface area contributed by atoms with Crippen LogP contribution in [0.1, 0.15) is 35.1 Å². The Morgan fingerprint density at radius 3 is 2.93 bits per heavy atom. The van der Waals surface area contributed by atoms with Crippen molar-refractivity contribution in [1.82, 2.24) is 14.8 Å². The molecule has 2 N–H and O–H groups in total. The molecular formula is C20H23N5O2S. The zero-order chi connectivity index (χ0) is 19.7. The van der Waals surface area contributed by atoms with Crippen LogP contribution in [0.25, 0.3) is 10.2 Å². The van der Waals surface area contributed by atoms with Crippen LogP contribution < -0.4 is 10.6 Å². The molecule has 0 spiro atoms. The number of anilines is 2. The number of hydrogen-bond donors (Lipinski definition) is 1. The fourth-order valence-corrected chi connectivity index (χ4v) is 4.41. The number of thiazole rings is 1. The molecule has 1 aliphatic rings. The molecule has 1 aromatic carbocycles. The molecule has 0 bridgehead atoms. The van der Waals surface area contributed by atoms with Crippen LogP contribution in [0, 0.1) is 6.92 Å². The lowest BCUT2D eigenvalue weighted by atomic mass is 10.1. The van der Waals surface area contributed by atoms with Crippen molar-refractivity contribution < 1.29 is 9.53 Å². The molecule has 0 saturated carbocycles. The van der Waals surface area contributed by atoms with Crippen molar-refractivity contribution in [3.63, 3.8) is 0 Å². The molecule has 8 heteroatoms. The summed E-state index contributed by atoms with van der Waals surface area (Å²) in [5, 5.41) is 5.42. The van der Waals surface area contributed by atoms with E-state index in [0.717, 1.165) is 46.1 Å². The highest BCUT2D eigenvalue weighted by Gasteiger charge is 2.18. The summed E-state index contributed by atoms with van der Waals surface area (Å²) in [5.41, 5.74) is 9.98. The number of benzene rings is 1. The third kappa shape index (κ3) is 3.60. The topological polar surface area (TPSA) is 86.3 Å².